The van der Waals surface area contributed by atoms with Crippen molar-refractivity contribution in [1.82, 2.24) is 14.9 Å². The quantitative estimate of drug-likeness (QED) is 0.662. The summed E-state index contributed by atoms with van der Waals surface area (Å²) < 4.78 is 5.33. The third-order valence-electron chi connectivity index (χ3n) is 2.97. The first-order chi connectivity index (χ1) is 9.22. The van der Waals surface area contributed by atoms with E-state index in [1.165, 1.54) is 6.33 Å². The molecule has 0 atom stereocenters. The summed E-state index contributed by atoms with van der Waals surface area (Å²) in [6.07, 6.45) is 2.52. The Morgan fingerprint density at radius 3 is 2.63 bits per heavy atom. The zero-order valence-corrected chi connectivity index (χ0v) is 12.1. The number of hydrogen-bond donors (Lipinski definition) is 2. The lowest BCUT2D eigenvalue weighted by atomic mass is 10.3. The van der Waals surface area contributed by atoms with Crippen molar-refractivity contribution in [3.8, 4) is 5.88 Å². The van der Waals surface area contributed by atoms with Crippen LogP contribution in [0.5, 0.6) is 5.88 Å². The topological polar surface area (TPSA) is 76.3 Å². The van der Waals surface area contributed by atoms with Crippen LogP contribution in [0.15, 0.2) is 6.33 Å². The molecule has 0 bridgehead atoms. The second-order valence-electron chi connectivity index (χ2n) is 4.18. The van der Waals surface area contributed by atoms with E-state index in [-0.39, 0.29) is 0 Å². The van der Waals surface area contributed by atoms with Gasteiger partial charge in [0, 0.05) is 6.54 Å². The molecule has 0 saturated carbocycles. The second kappa shape index (κ2) is 8.53. The van der Waals surface area contributed by atoms with Crippen molar-refractivity contribution >= 4 is 11.5 Å². The molecule has 1 heterocycles. The molecule has 6 nitrogen and oxygen atoms in total. The number of aromatic nitrogens is 2. The van der Waals surface area contributed by atoms with Crippen LogP contribution in [-0.4, -0.2) is 47.7 Å². The van der Waals surface area contributed by atoms with Crippen LogP contribution < -0.4 is 15.8 Å². The fourth-order valence-corrected chi connectivity index (χ4v) is 1.82. The molecule has 108 valence electrons. The SMILES string of the molecule is CCOc1ncnc(NCCCN(CC)CC)c1N. The van der Waals surface area contributed by atoms with Crippen LogP contribution in [0.25, 0.3) is 0 Å². The van der Waals surface area contributed by atoms with Gasteiger partial charge < -0.3 is 20.7 Å². The zero-order chi connectivity index (χ0) is 14.1. The molecule has 0 amide bonds. The molecule has 0 aliphatic rings. The van der Waals surface area contributed by atoms with E-state index in [4.69, 9.17) is 10.5 Å². The standard InChI is InChI=1S/C13H25N5O/c1-4-18(5-2)9-7-8-15-12-11(14)13(19-6-3)17-10-16-12/h10H,4-9,14H2,1-3H3,(H,15,16,17). The lowest BCUT2D eigenvalue weighted by molar-refractivity contribution is 0.303. The van der Waals surface area contributed by atoms with E-state index in [9.17, 15) is 0 Å². The minimum atomic E-state index is 0.448. The highest BCUT2D eigenvalue weighted by Crippen LogP contribution is 2.24. The maximum atomic E-state index is 5.94. The van der Waals surface area contributed by atoms with E-state index < -0.39 is 0 Å². The number of nitrogen functional groups attached to an aromatic ring is 1. The van der Waals surface area contributed by atoms with Crippen LogP contribution in [0.2, 0.25) is 0 Å². The van der Waals surface area contributed by atoms with Crippen molar-refractivity contribution < 1.29 is 4.74 Å². The third kappa shape index (κ3) is 4.90. The fourth-order valence-electron chi connectivity index (χ4n) is 1.82. The summed E-state index contributed by atoms with van der Waals surface area (Å²) in [7, 11) is 0. The highest BCUT2D eigenvalue weighted by Gasteiger charge is 2.08. The Kier molecular flexibility index (Phi) is 6.95. The fraction of sp³-hybridized carbons (Fsp3) is 0.692. The minimum absolute atomic E-state index is 0.448. The number of nitrogens with two attached hydrogens (primary N) is 1. The van der Waals surface area contributed by atoms with E-state index in [1.54, 1.807) is 0 Å². The summed E-state index contributed by atoms with van der Waals surface area (Å²) in [6.45, 7) is 10.9. The van der Waals surface area contributed by atoms with Crippen LogP contribution in [-0.2, 0) is 0 Å². The van der Waals surface area contributed by atoms with Crippen LogP contribution in [0.1, 0.15) is 27.2 Å². The predicted molar refractivity (Wildman–Crippen MR) is 78.5 cm³/mol. The number of hydrogen-bond acceptors (Lipinski definition) is 6. The number of rotatable bonds is 9. The largest absolute Gasteiger partial charge is 0.476 e. The number of anilines is 2. The Hall–Kier alpha value is -1.56. The molecule has 0 fully saturated rings. The number of ether oxygens (including phenoxy) is 1. The molecule has 6 heteroatoms. The highest BCUT2D eigenvalue weighted by molar-refractivity contribution is 5.66. The molecule has 0 radical (unpaired) electrons. The van der Waals surface area contributed by atoms with Gasteiger partial charge in [0.1, 0.15) is 12.0 Å². The molecular weight excluding hydrogens is 242 g/mol. The lowest BCUT2D eigenvalue weighted by Gasteiger charge is -2.18. The molecule has 3 N–H and O–H groups in total. The summed E-state index contributed by atoms with van der Waals surface area (Å²) in [6, 6.07) is 0. The molecule has 19 heavy (non-hydrogen) atoms. The van der Waals surface area contributed by atoms with Gasteiger partial charge in [-0.25, -0.2) is 4.98 Å². The van der Waals surface area contributed by atoms with Gasteiger partial charge in [-0.1, -0.05) is 13.8 Å². The van der Waals surface area contributed by atoms with Gasteiger partial charge in [-0.2, -0.15) is 4.98 Å². The second-order valence-corrected chi connectivity index (χ2v) is 4.18. The van der Waals surface area contributed by atoms with Gasteiger partial charge in [0.15, 0.2) is 5.82 Å². The smallest absolute Gasteiger partial charge is 0.242 e. The molecule has 0 unspecified atom stereocenters. The molecule has 0 aliphatic heterocycles. The van der Waals surface area contributed by atoms with E-state index in [1.807, 2.05) is 6.92 Å². The van der Waals surface area contributed by atoms with Crippen molar-refractivity contribution in [1.29, 1.82) is 0 Å². The molecule has 0 aliphatic carbocycles. The predicted octanol–water partition coefficient (Wildman–Crippen LogP) is 1.60. The Balaban J connectivity index is 2.43. The van der Waals surface area contributed by atoms with E-state index >= 15 is 0 Å². The van der Waals surface area contributed by atoms with Crippen LogP contribution in [0.3, 0.4) is 0 Å². The number of nitrogens with zero attached hydrogens (tertiary/aromatic N) is 3. The van der Waals surface area contributed by atoms with E-state index in [2.05, 4.69) is 34.0 Å². The van der Waals surface area contributed by atoms with Crippen molar-refractivity contribution in [2.75, 3.05) is 43.8 Å². The third-order valence-corrected chi connectivity index (χ3v) is 2.97. The average molecular weight is 267 g/mol. The van der Waals surface area contributed by atoms with Gasteiger partial charge >= 0.3 is 0 Å². The van der Waals surface area contributed by atoms with Crippen LogP contribution >= 0.6 is 0 Å². The highest BCUT2D eigenvalue weighted by atomic mass is 16.5. The summed E-state index contributed by atoms with van der Waals surface area (Å²) in [4.78, 5) is 10.5. The monoisotopic (exact) mass is 267 g/mol. The Morgan fingerprint density at radius 1 is 1.26 bits per heavy atom. The average Bonchev–Trinajstić information content (AvgIpc) is 2.43. The molecule has 0 saturated heterocycles. The number of nitrogens with one attached hydrogen (secondary N) is 1. The Morgan fingerprint density at radius 2 is 2.00 bits per heavy atom. The summed E-state index contributed by atoms with van der Waals surface area (Å²) in [5, 5.41) is 3.23. The molecule has 1 aromatic heterocycles. The van der Waals surface area contributed by atoms with Gasteiger partial charge in [0.05, 0.1) is 6.61 Å². The summed E-state index contributed by atoms with van der Waals surface area (Å²) >= 11 is 0. The Labute approximate surface area is 115 Å². The van der Waals surface area contributed by atoms with E-state index in [0.29, 0.717) is 24.0 Å². The van der Waals surface area contributed by atoms with Crippen molar-refractivity contribution in [2.24, 2.45) is 0 Å². The van der Waals surface area contributed by atoms with Crippen LogP contribution in [0.4, 0.5) is 11.5 Å². The van der Waals surface area contributed by atoms with Crippen molar-refractivity contribution in [2.45, 2.75) is 27.2 Å². The maximum absolute atomic E-state index is 5.94. The minimum Gasteiger partial charge on any atom is -0.476 e. The first kappa shape index (κ1) is 15.5. The maximum Gasteiger partial charge on any atom is 0.242 e. The lowest BCUT2D eigenvalue weighted by Crippen LogP contribution is -2.25. The molecule has 0 aromatic carbocycles. The normalized spacial score (nSPS) is 10.7. The van der Waals surface area contributed by atoms with Crippen molar-refractivity contribution in [3.05, 3.63) is 6.33 Å². The molecule has 1 rings (SSSR count). The first-order valence-electron chi connectivity index (χ1n) is 6.92. The van der Waals surface area contributed by atoms with E-state index in [0.717, 1.165) is 32.6 Å². The molecule has 1 aromatic rings. The van der Waals surface area contributed by atoms with Gasteiger partial charge in [-0.3, -0.25) is 0 Å². The van der Waals surface area contributed by atoms with Gasteiger partial charge in [-0.05, 0) is 33.0 Å². The molecular formula is C13H25N5O. The van der Waals surface area contributed by atoms with Crippen molar-refractivity contribution in [3.63, 3.8) is 0 Å². The zero-order valence-electron chi connectivity index (χ0n) is 12.1. The van der Waals surface area contributed by atoms with Gasteiger partial charge in [0.25, 0.3) is 0 Å². The first-order valence-corrected chi connectivity index (χ1v) is 6.92. The van der Waals surface area contributed by atoms with Gasteiger partial charge in [-0.15, -0.1) is 0 Å². The van der Waals surface area contributed by atoms with Gasteiger partial charge in [0.2, 0.25) is 5.88 Å². The Bertz CT molecular complexity index is 368. The summed E-state index contributed by atoms with van der Waals surface area (Å²) in [5.41, 5.74) is 6.42. The molecule has 0 spiro atoms. The summed E-state index contributed by atoms with van der Waals surface area (Å²) in [5.74, 6) is 1.10. The van der Waals surface area contributed by atoms with Crippen LogP contribution in [0, 0.1) is 0 Å².